The number of aliphatic hydroxyl groups excluding tert-OH is 1. The van der Waals surface area contributed by atoms with Crippen molar-refractivity contribution in [3.63, 3.8) is 0 Å². The van der Waals surface area contributed by atoms with E-state index in [1.165, 1.54) is 77.0 Å². The number of quaternary nitrogens is 1. The van der Waals surface area contributed by atoms with Crippen LogP contribution in [0.4, 0.5) is 0 Å². The van der Waals surface area contributed by atoms with Gasteiger partial charge >= 0.3 is 7.82 Å². The molecule has 3 N–H and O–H groups in total. The molecule has 0 aromatic heterocycles. The third-order valence-corrected chi connectivity index (χ3v) is 11.3. The van der Waals surface area contributed by atoms with Gasteiger partial charge in [0.05, 0.1) is 39.9 Å². The number of nitrogens with zero attached hydrogens (tertiary/aromatic N) is 1. The maximum Gasteiger partial charge on any atom is 0.472 e. The number of phosphoric ester groups is 1. The maximum atomic E-state index is 12.9. The first-order valence-corrected chi connectivity index (χ1v) is 25.1. The zero-order chi connectivity index (χ0) is 42.8. The Morgan fingerprint density at radius 1 is 0.603 bits per heavy atom. The van der Waals surface area contributed by atoms with Crippen LogP contribution in [0.2, 0.25) is 0 Å². The molecule has 58 heavy (non-hydrogen) atoms. The van der Waals surface area contributed by atoms with Crippen molar-refractivity contribution in [3.8, 4) is 0 Å². The smallest absolute Gasteiger partial charge is 0.391 e. The monoisotopic (exact) mass is 836 g/mol. The Bertz CT molecular complexity index is 1130. The number of aliphatic hydroxyl groups is 1. The van der Waals surface area contributed by atoms with Crippen LogP contribution in [-0.2, 0) is 18.4 Å². The standard InChI is InChI=1S/C49H91N2O6P/c1-6-8-10-12-14-16-18-20-22-23-24-25-26-27-29-31-33-35-37-39-41-43-49(53)50-47(46-57-58(54,55)56-45-44-51(3,4)5)48(52)42-40-38-36-34-32-30-28-21-19-17-15-13-11-9-7-2/h8,10,14,16,20,22,24-25,27,29,47-48,52H,6-7,9,11-13,15,17-19,21,23,26,28,30-46H2,1-5H3,(H-,50,53,54,55)/p+1/b10-8-,16-14-,22-20-,25-24-,29-27-. The van der Waals surface area contributed by atoms with E-state index in [0.717, 1.165) is 89.9 Å². The molecular weight excluding hydrogens is 744 g/mol. The molecule has 0 aliphatic heterocycles. The highest BCUT2D eigenvalue weighted by atomic mass is 31.2. The fourth-order valence-corrected chi connectivity index (χ4v) is 7.28. The number of phosphoric acid groups is 1. The molecular formula is C49H92N2O6P+. The maximum absolute atomic E-state index is 12.9. The molecule has 0 radical (unpaired) electrons. The Morgan fingerprint density at radius 3 is 1.52 bits per heavy atom. The molecule has 0 spiro atoms. The van der Waals surface area contributed by atoms with Gasteiger partial charge in [0, 0.05) is 6.42 Å². The van der Waals surface area contributed by atoms with Crippen LogP contribution in [0.1, 0.15) is 194 Å². The molecule has 1 amide bonds. The summed E-state index contributed by atoms with van der Waals surface area (Å²) in [5, 5.41) is 14.0. The highest BCUT2D eigenvalue weighted by Gasteiger charge is 2.28. The van der Waals surface area contributed by atoms with Crippen LogP contribution in [0.15, 0.2) is 60.8 Å². The molecule has 0 aliphatic carbocycles. The Labute approximate surface area is 358 Å². The normalized spacial score (nSPS) is 14.8. The fraction of sp³-hybridized carbons (Fsp3) is 0.776. The second-order valence-corrected chi connectivity index (χ2v) is 18.6. The largest absolute Gasteiger partial charge is 0.472 e. The van der Waals surface area contributed by atoms with Crippen molar-refractivity contribution in [1.29, 1.82) is 0 Å². The van der Waals surface area contributed by atoms with Gasteiger partial charge in [0.25, 0.3) is 0 Å². The van der Waals surface area contributed by atoms with Crippen molar-refractivity contribution >= 4 is 13.7 Å². The number of hydrogen-bond acceptors (Lipinski definition) is 5. The number of amides is 1. The second kappa shape index (κ2) is 40.6. The lowest BCUT2D eigenvalue weighted by molar-refractivity contribution is -0.870. The van der Waals surface area contributed by atoms with Gasteiger partial charge in [0.15, 0.2) is 0 Å². The molecule has 0 saturated carbocycles. The molecule has 0 fully saturated rings. The van der Waals surface area contributed by atoms with Crippen molar-refractivity contribution in [1.82, 2.24) is 5.32 Å². The molecule has 0 bridgehead atoms. The number of carbonyl (C=O) groups excluding carboxylic acids is 1. The summed E-state index contributed by atoms with van der Waals surface area (Å²) in [6, 6.07) is -0.773. The third kappa shape index (κ3) is 42.3. The van der Waals surface area contributed by atoms with E-state index in [2.05, 4.69) is 79.9 Å². The number of unbranched alkanes of at least 4 members (excludes halogenated alkanes) is 19. The first-order chi connectivity index (χ1) is 28.0. The topological polar surface area (TPSA) is 105 Å². The van der Waals surface area contributed by atoms with Crippen LogP contribution >= 0.6 is 7.82 Å². The van der Waals surface area contributed by atoms with Crippen molar-refractivity contribution in [2.45, 2.75) is 206 Å². The molecule has 338 valence electrons. The summed E-state index contributed by atoms with van der Waals surface area (Å²) in [6.07, 6.45) is 52.4. The Kier molecular flexibility index (Phi) is 39.3. The molecule has 0 aromatic rings. The van der Waals surface area contributed by atoms with E-state index in [1.807, 2.05) is 21.1 Å². The number of hydrogen-bond donors (Lipinski definition) is 3. The molecule has 0 saturated heterocycles. The SMILES string of the molecule is CC/C=C\C/C=C\C/C=C\C/C=C\C/C=C\CCCCCCCC(=O)NC(COP(=O)(O)OCC[N+](C)(C)C)C(O)CCCCCCCCCCCCCCCCC. The quantitative estimate of drug-likeness (QED) is 0.0245. The second-order valence-electron chi connectivity index (χ2n) is 17.1. The summed E-state index contributed by atoms with van der Waals surface area (Å²) in [7, 11) is 1.59. The van der Waals surface area contributed by atoms with Crippen LogP contribution < -0.4 is 5.32 Å². The summed E-state index contributed by atoms with van der Waals surface area (Å²) >= 11 is 0. The van der Waals surface area contributed by atoms with Gasteiger partial charge in [-0.25, -0.2) is 4.57 Å². The zero-order valence-electron chi connectivity index (χ0n) is 38.3. The Balaban J connectivity index is 4.37. The van der Waals surface area contributed by atoms with Gasteiger partial charge in [-0.3, -0.25) is 13.8 Å². The lowest BCUT2D eigenvalue weighted by Crippen LogP contribution is -2.46. The first-order valence-electron chi connectivity index (χ1n) is 23.7. The first kappa shape index (κ1) is 56.2. The number of likely N-dealkylation sites (N-methyl/N-ethyl adjacent to an activating group) is 1. The summed E-state index contributed by atoms with van der Waals surface area (Å²) in [5.74, 6) is -0.165. The number of allylic oxidation sites excluding steroid dienone is 10. The van der Waals surface area contributed by atoms with Crippen molar-refractivity contribution in [2.75, 3.05) is 40.9 Å². The summed E-state index contributed by atoms with van der Waals surface area (Å²) in [4.78, 5) is 23.2. The zero-order valence-corrected chi connectivity index (χ0v) is 39.2. The third-order valence-electron chi connectivity index (χ3n) is 10.3. The average molecular weight is 836 g/mol. The minimum Gasteiger partial charge on any atom is -0.391 e. The number of carbonyl (C=O) groups is 1. The van der Waals surface area contributed by atoms with Gasteiger partial charge in [-0.2, -0.15) is 0 Å². The van der Waals surface area contributed by atoms with Gasteiger partial charge in [0.1, 0.15) is 13.2 Å². The lowest BCUT2D eigenvalue weighted by Gasteiger charge is -2.26. The van der Waals surface area contributed by atoms with Crippen LogP contribution in [-0.4, -0.2) is 73.4 Å². The predicted molar refractivity (Wildman–Crippen MR) is 249 cm³/mol. The highest BCUT2D eigenvalue weighted by molar-refractivity contribution is 7.47. The van der Waals surface area contributed by atoms with Crippen LogP contribution in [0, 0.1) is 0 Å². The minimum absolute atomic E-state index is 0.0678. The van der Waals surface area contributed by atoms with Crippen molar-refractivity contribution in [2.24, 2.45) is 0 Å². The van der Waals surface area contributed by atoms with E-state index in [9.17, 15) is 19.4 Å². The lowest BCUT2D eigenvalue weighted by atomic mass is 10.0. The number of rotatable bonds is 42. The summed E-state index contributed by atoms with van der Waals surface area (Å²) in [6.45, 7) is 4.75. The molecule has 8 nitrogen and oxygen atoms in total. The number of nitrogens with one attached hydrogen (secondary N) is 1. The van der Waals surface area contributed by atoms with Gasteiger partial charge < -0.3 is 19.8 Å². The van der Waals surface area contributed by atoms with E-state index >= 15 is 0 Å². The summed E-state index contributed by atoms with van der Waals surface area (Å²) in [5.41, 5.74) is 0. The van der Waals surface area contributed by atoms with E-state index in [1.54, 1.807) is 0 Å². The van der Waals surface area contributed by atoms with Gasteiger partial charge in [0.2, 0.25) is 5.91 Å². The molecule has 0 aliphatic rings. The highest BCUT2D eigenvalue weighted by Crippen LogP contribution is 2.43. The van der Waals surface area contributed by atoms with Gasteiger partial charge in [-0.15, -0.1) is 0 Å². The van der Waals surface area contributed by atoms with Crippen LogP contribution in [0.25, 0.3) is 0 Å². The Hall–Kier alpha value is -1.80. The van der Waals surface area contributed by atoms with E-state index in [-0.39, 0.29) is 19.1 Å². The molecule has 0 rings (SSSR count). The Morgan fingerprint density at radius 2 is 1.03 bits per heavy atom. The average Bonchev–Trinajstić information content (AvgIpc) is 3.17. The molecule has 3 atom stereocenters. The molecule has 3 unspecified atom stereocenters. The van der Waals surface area contributed by atoms with Crippen molar-refractivity contribution < 1.29 is 32.9 Å². The summed E-state index contributed by atoms with van der Waals surface area (Å²) < 4.78 is 23.6. The van der Waals surface area contributed by atoms with Crippen LogP contribution in [0.5, 0.6) is 0 Å². The fourth-order valence-electron chi connectivity index (χ4n) is 6.54. The van der Waals surface area contributed by atoms with Gasteiger partial charge in [-0.05, 0) is 57.8 Å². The predicted octanol–water partition coefficient (Wildman–Crippen LogP) is 13.4. The van der Waals surface area contributed by atoms with E-state index in [4.69, 9.17) is 9.05 Å². The molecule has 0 heterocycles. The molecule has 9 heteroatoms. The molecule has 0 aromatic carbocycles. The minimum atomic E-state index is -4.32. The van der Waals surface area contributed by atoms with Crippen LogP contribution in [0.3, 0.4) is 0 Å². The van der Waals surface area contributed by atoms with E-state index < -0.39 is 20.0 Å². The van der Waals surface area contributed by atoms with E-state index in [0.29, 0.717) is 23.9 Å². The van der Waals surface area contributed by atoms with Gasteiger partial charge in [-0.1, -0.05) is 190 Å². The van der Waals surface area contributed by atoms with Crippen molar-refractivity contribution in [3.05, 3.63) is 60.8 Å².